The molecule has 1 saturated heterocycles. The minimum absolute atomic E-state index is 0.360. The van der Waals surface area contributed by atoms with Crippen molar-refractivity contribution in [1.82, 2.24) is 0 Å². The summed E-state index contributed by atoms with van der Waals surface area (Å²) in [6.07, 6.45) is 21.9. The van der Waals surface area contributed by atoms with E-state index < -0.39 is 37.3 Å². The van der Waals surface area contributed by atoms with Gasteiger partial charge in [-0.15, -0.1) is 0 Å². The highest BCUT2D eigenvalue weighted by molar-refractivity contribution is 4.88. The van der Waals surface area contributed by atoms with Gasteiger partial charge in [0.1, 0.15) is 24.4 Å². The SMILES string of the molecule is CC/C=C/CCCCCCCCO.CC/C=C/CCCCCCCCOC1OC(CO)C(O)C(O)C1O. The van der Waals surface area contributed by atoms with Crippen LogP contribution in [0.2, 0.25) is 0 Å². The maximum atomic E-state index is 9.84. The van der Waals surface area contributed by atoms with E-state index in [9.17, 15) is 15.3 Å². The smallest absolute Gasteiger partial charge is 0.186 e. The topological polar surface area (TPSA) is 120 Å². The summed E-state index contributed by atoms with van der Waals surface area (Å²) in [4.78, 5) is 0. The molecule has 0 aromatic rings. The van der Waals surface area contributed by atoms with Crippen LogP contribution in [0.5, 0.6) is 0 Å². The third kappa shape index (κ3) is 19.9. The first-order chi connectivity index (χ1) is 18.0. The van der Waals surface area contributed by atoms with Crippen LogP contribution in [0.4, 0.5) is 0 Å². The molecule has 0 radical (unpaired) electrons. The summed E-state index contributed by atoms with van der Waals surface area (Å²) in [7, 11) is 0. The molecule has 0 amide bonds. The molecule has 0 aliphatic carbocycles. The molecule has 0 bridgehead atoms. The molecule has 1 heterocycles. The van der Waals surface area contributed by atoms with Crippen LogP contribution in [-0.2, 0) is 9.47 Å². The van der Waals surface area contributed by atoms with Crippen molar-refractivity contribution in [2.45, 2.75) is 147 Å². The molecule has 7 nitrogen and oxygen atoms in total. The second kappa shape index (κ2) is 26.8. The number of hydrogen-bond acceptors (Lipinski definition) is 7. The molecule has 37 heavy (non-hydrogen) atoms. The first-order valence-electron chi connectivity index (χ1n) is 14.9. The van der Waals surface area contributed by atoms with Crippen LogP contribution < -0.4 is 0 Å². The number of rotatable bonds is 21. The lowest BCUT2D eigenvalue weighted by molar-refractivity contribution is -0.301. The van der Waals surface area contributed by atoms with E-state index in [2.05, 4.69) is 38.2 Å². The maximum Gasteiger partial charge on any atom is 0.186 e. The minimum atomic E-state index is -1.37. The molecule has 5 unspecified atom stereocenters. The Bertz CT molecular complexity index is 524. The predicted molar refractivity (Wildman–Crippen MR) is 150 cm³/mol. The van der Waals surface area contributed by atoms with Gasteiger partial charge in [-0.25, -0.2) is 0 Å². The molecule has 1 aliphatic rings. The van der Waals surface area contributed by atoms with E-state index in [-0.39, 0.29) is 0 Å². The lowest BCUT2D eigenvalue weighted by atomic mass is 9.99. The van der Waals surface area contributed by atoms with E-state index in [1.165, 1.54) is 57.8 Å². The number of hydrogen-bond donors (Lipinski definition) is 5. The van der Waals surface area contributed by atoms with Gasteiger partial charge in [0, 0.05) is 13.2 Å². The maximum absolute atomic E-state index is 9.84. The fraction of sp³-hybridized carbons (Fsp3) is 0.867. The number of aliphatic hydroxyl groups excluding tert-OH is 5. The zero-order valence-electron chi connectivity index (χ0n) is 23.7. The normalized spacial score (nSPS) is 24.0. The Balaban J connectivity index is 0.000000845. The number of aliphatic hydroxyl groups is 5. The van der Waals surface area contributed by atoms with Gasteiger partial charge in [0.05, 0.1) is 6.61 Å². The lowest BCUT2D eigenvalue weighted by Gasteiger charge is -2.39. The fourth-order valence-corrected chi connectivity index (χ4v) is 4.13. The zero-order valence-corrected chi connectivity index (χ0v) is 23.7. The monoisotopic (exact) mass is 530 g/mol. The van der Waals surface area contributed by atoms with E-state index >= 15 is 0 Å². The van der Waals surface area contributed by atoms with E-state index in [0.29, 0.717) is 13.2 Å². The van der Waals surface area contributed by atoms with Crippen LogP contribution in [0, 0.1) is 0 Å². The average molecular weight is 531 g/mol. The van der Waals surface area contributed by atoms with E-state index in [1.54, 1.807) is 0 Å². The van der Waals surface area contributed by atoms with Gasteiger partial charge in [0.2, 0.25) is 0 Å². The van der Waals surface area contributed by atoms with E-state index in [0.717, 1.165) is 44.9 Å². The average Bonchev–Trinajstić information content (AvgIpc) is 2.91. The van der Waals surface area contributed by atoms with Crippen molar-refractivity contribution < 1.29 is 35.0 Å². The molecule has 5 N–H and O–H groups in total. The lowest BCUT2D eigenvalue weighted by Crippen LogP contribution is -2.59. The first kappa shape index (κ1) is 36.2. The Morgan fingerprint density at radius 1 is 0.595 bits per heavy atom. The molecule has 1 rings (SSSR count). The van der Waals surface area contributed by atoms with Crippen molar-refractivity contribution in [3.8, 4) is 0 Å². The quantitative estimate of drug-likeness (QED) is 0.102. The van der Waals surface area contributed by atoms with Crippen molar-refractivity contribution in [1.29, 1.82) is 0 Å². The highest BCUT2D eigenvalue weighted by atomic mass is 16.7. The second-order valence-electron chi connectivity index (χ2n) is 9.87. The third-order valence-electron chi connectivity index (χ3n) is 6.48. The molecule has 5 atom stereocenters. The van der Waals surface area contributed by atoms with Gasteiger partial charge in [-0.3, -0.25) is 0 Å². The van der Waals surface area contributed by atoms with Crippen molar-refractivity contribution in [2.24, 2.45) is 0 Å². The summed E-state index contributed by atoms with van der Waals surface area (Å²) in [6.45, 7) is 4.66. The molecular weight excluding hydrogens is 472 g/mol. The molecule has 7 heteroatoms. The Hall–Kier alpha value is -0.800. The summed E-state index contributed by atoms with van der Waals surface area (Å²) >= 11 is 0. The van der Waals surface area contributed by atoms with Crippen LogP contribution >= 0.6 is 0 Å². The second-order valence-corrected chi connectivity index (χ2v) is 9.87. The van der Waals surface area contributed by atoms with Crippen molar-refractivity contribution in [3.63, 3.8) is 0 Å². The van der Waals surface area contributed by atoms with Gasteiger partial charge in [0.25, 0.3) is 0 Å². The molecule has 0 aromatic carbocycles. The first-order valence-corrected chi connectivity index (χ1v) is 14.9. The predicted octanol–water partition coefficient (Wildman–Crippen LogP) is 5.18. The van der Waals surface area contributed by atoms with E-state index in [4.69, 9.17) is 19.7 Å². The summed E-state index contributed by atoms with van der Waals surface area (Å²) < 4.78 is 10.7. The Labute approximate surface area is 226 Å². The highest BCUT2D eigenvalue weighted by Crippen LogP contribution is 2.22. The fourth-order valence-electron chi connectivity index (χ4n) is 4.13. The van der Waals surface area contributed by atoms with Crippen molar-refractivity contribution in [2.75, 3.05) is 19.8 Å². The van der Waals surface area contributed by atoms with Gasteiger partial charge in [0.15, 0.2) is 6.29 Å². The highest BCUT2D eigenvalue weighted by Gasteiger charge is 2.43. The summed E-state index contributed by atoms with van der Waals surface area (Å²) in [6, 6.07) is 0. The Morgan fingerprint density at radius 3 is 1.57 bits per heavy atom. The zero-order chi connectivity index (χ0) is 27.6. The van der Waals surface area contributed by atoms with Crippen LogP contribution in [0.25, 0.3) is 0 Å². The van der Waals surface area contributed by atoms with Crippen LogP contribution in [-0.4, -0.2) is 76.1 Å². The van der Waals surface area contributed by atoms with Gasteiger partial charge in [-0.05, 0) is 51.4 Å². The van der Waals surface area contributed by atoms with Gasteiger partial charge in [-0.2, -0.15) is 0 Å². The van der Waals surface area contributed by atoms with Gasteiger partial charge < -0.3 is 35.0 Å². The van der Waals surface area contributed by atoms with Gasteiger partial charge in [-0.1, -0.05) is 89.5 Å². The number of allylic oxidation sites excluding steroid dienone is 4. The molecule has 0 saturated carbocycles. The molecular formula is C30H58O7. The molecule has 0 spiro atoms. The van der Waals surface area contributed by atoms with Crippen LogP contribution in [0.1, 0.15) is 117 Å². The van der Waals surface area contributed by atoms with Crippen molar-refractivity contribution >= 4 is 0 Å². The number of unbranched alkanes of at least 4 members (excludes halogenated alkanes) is 12. The number of ether oxygens (including phenoxy) is 2. The Kier molecular flexibility index (Phi) is 26.2. The largest absolute Gasteiger partial charge is 0.396 e. The summed E-state index contributed by atoms with van der Waals surface area (Å²) in [5.41, 5.74) is 0. The minimum Gasteiger partial charge on any atom is -0.396 e. The Morgan fingerprint density at radius 2 is 1.08 bits per heavy atom. The van der Waals surface area contributed by atoms with Crippen LogP contribution in [0.3, 0.4) is 0 Å². The third-order valence-corrected chi connectivity index (χ3v) is 6.48. The van der Waals surface area contributed by atoms with Crippen LogP contribution in [0.15, 0.2) is 24.3 Å². The molecule has 0 aromatic heterocycles. The molecule has 220 valence electrons. The molecule has 1 aliphatic heterocycles. The summed E-state index contributed by atoms with van der Waals surface area (Å²) in [5.74, 6) is 0. The van der Waals surface area contributed by atoms with Gasteiger partial charge >= 0.3 is 0 Å². The summed E-state index contributed by atoms with van der Waals surface area (Å²) in [5, 5.41) is 46.8. The van der Waals surface area contributed by atoms with E-state index in [1.807, 2.05) is 0 Å². The standard InChI is InChI=1S/C18H34O6.C12H24O/c1-2-3-4-5-6-7-8-9-10-11-12-23-18-17(22)16(21)15(20)14(13-19)24-18;1-2-3-4-5-6-7-8-9-10-11-12-13/h3-4,14-22H,2,5-13H2,1H3;3-4,13H,2,5-12H2,1H3/b2*4-3+. The van der Waals surface area contributed by atoms with Crippen molar-refractivity contribution in [3.05, 3.63) is 24.3 Å². The molecule has 1 fully saturated rings.